The lowest BCUT2D eigenvalue weighted by molar-refractivity contribution is 0.482. The quantitative estimate of drug-likeness (QED) is 0.624. The smallest absolute Gasteiger partial charge is 0.128 e. The van der Waals surface area contributed by atoms with Gasteiger partial charge in [-0.15, -0.1) is 0 Å². The van der Waals surface area contributed by atoms with Crippen LogP contribution in [0.1, 0.15) is 11.1 Å². The molecule has 4 rings (SSSR count). The monoisotopic (exact) mass is 354 g/mol. The van der Waals surface area contributed by atoms with Crippen LogP contribution in [0.2, 0.25) is 0 Å². The van der Waals surface area contributed by atoms with Gasteiger partial charge in [0.05, 0.1) is 12.3 Å². The number of benzene rings is 3. The fourth-order valence-electron chi connectivity index (χ4n) is 3.17. The largest absolute Gasteiger partial charge is 0.457 e. The third-order valence-electron chi connectivity index (χ3n) is 4.58. The third kappa shape index (κ3) is 4.09. The second-order valence-corrected chi connectivity index (χ2v) is 6.53. The van der Waals surface area contributed by atoms with E-state index in [9.17, 15) is 0 Å². The van der Waals surface area contributed by atoms with Gasteiger partial charge in [0.2, 0.25) is 0 Å². The first-order valence-corrected chi connectivity index (χ1v) is 9.16. The number of likely N-dealkylation sites (N-methyl/N-ethyl adjacent to an activating group) is 1. The predicted molar refractivity (Wildman–Crippen MR) is 113 cm³/mol. The van der Waals surface area contributed by atoms with Crippen LogP contribution in [-0.4, -0.2) is 25.8 Å². The third-order valence-corrected chi connectivity index (χ3v) is 4.58. The summed E-state index contributed by atoms with van der Waals surface area (Å²) in [6, 6.07) is 26.3. The second-order valence-electron chi connectivity index (χ2n) is 6.53. The van der Waals surface area contributed by atoms with Gasteiger partial charge in [-0.2, -0.15) is 0 Å². The standard InChI is InChI=1S/C24H22N2O/c1-26-17-16-25-23(22-12-5-6-13-24(22)26)15-14-19-8-7-11-21(18-19)27-20-9-3-2-4-10-20/h2-15,18H,16-17H2,1H3/b15-14+. The van der Waals surface area contributed by atoms with Crippen molar-refractivity contribution < 1.29 is 4.74 Å². The molecule has 0 unspecified atom stereocenters. The topological polar surface area (TPSA) is 24.8 Å². The Balaban J connectivity index is 1.57. The molecule has 1 heterocycles. The number of nitrogens with zero attached hydrogens (tertiary/aromatic N) is 2. The van der Waals surface area contributed by atoms with Crippen molar-refractivity contribution in [2.75, 3.05) is 25.0 Å². The van der Waals surface area contributed by atoms with Gasteiger partial charge in [0.25, 0.3) is 0 Å². The molecule has 0 saturated heterocycles. The van der Waals surface area contributed by atoms with Gasteiger partial charge in [-0.3, -0.25) is 4.99 Å². The van der Waals surface area contributed by atoms with E-state index in [1.807, 2.05) is 48.5 Å². The summed E-state index contributed by atoms with van der Waals surface area (Å²) in [6.45, 7) is 1.72. The normalized spacial score (nSPS) is 13.8. The van der Waals surface area contributed by atoms with Crippen molar-refractivity contribution in [3.8, 4) is 11.5 Å². The summed E-state index contributed by atoms with van der Waals surface area (Å²) in [5.74, 6) is 1.66. The molecule has 0 saturated carbocycles. The average Bonchev–Trinajstić information content (AvgIpc) is 2.87. The van der Waals surface area contributed by atoms with E-state index in [1.165, 1.54) is 11.3 Å². The molecule has 3 heteroatoms. The molecule has 27 heavy (non-hydrogen) atoms. The Morgan fingerprint density at radius 3 is 2.52 bits per heavy atom. The van der Waals surface area contributed by atoms with Crippen LogP contribution in [-0.2, 0) is 0 Å². The second kappa shape index (κ2) is 7.92. The molecule has 0 atom stereocenters. The Morgan fingerprint density at radius 2 is 1.63 bits per heavy atom. The van der Waals surface area contributed by atoms with Crippen molar-refractivity contribution in [3.05, 3.63) is 96.1 Å². The molecule has 3 nitrogen and oxygen atoms in total. The van der Waals surface area contributed by atoms with Gasteiger partial charge in [0.15, 0.2) is 0 Å². The van der Waals surface area contributed by atoms with Crippen molar-refractivity contribution in [2.24, 2.45) is 4.99 Å². The number of fused-ring (bicyclic) bond motifs is 1. The Hall–Kier alpha value is -3.33. The Bertz CT molecular complexity index is 976. The van der Waals surface area contributed by atoms with Crippen molar-refractivity contribution in [1.29, 1.82) is 0 Å². The highest BCUT2D eigenvalue weighted by Crippen LogP contribution is 2.24. The van der Waals surface area contributed by atoms with E-state index in [0.717, 1.165) is 35.9 Å². The molecule has 0 amide bonds. The van der Waals surface area contributed by atoms with Crippen LogP contribution >= 0.6 is 0 Å². The van der Waals surface area contributed by atoms with E-state index in [0.29, 0.717) is 0 Å². The zero-order valence-corrected chi connectivity index (χ0v) is 15.4. The molecule has 1 aliphatic heterocycles. The molecule has 0 fully saturated rings. The number of anilines is 1. The molecule has 0 spiro atoms. The number of benzodiazepines with no additional fused rings is 1. The minimum atomic E-state index is 0.794. The maximum Gasteiger partial charge on any atom is 0.128 e. The van der Waals surface area contributed by atoms with Crippen LogP contribution in [0.4, 0.5) is 5.69 Å². The maximum atomic E-state index is 5.93. The van der Waals surface area contributed by atoms with Crippen LogP contribution in [0, 0.1) is 0 Å². The molecule has 3 aromatic carbocycles. The zero-order chi connectivity index (χ0) is 18.5. The van der Waals surface area contributed by atoms with Crippen molar-refractivity contribution in [2.45, 2.75) is 0 Å². The fourth-order valence-corrected chi connectivity index (χ4v) is 3.17. The molecule has 1 aliphatic rings. The summed E-state index contributed by atoms with van der Waals surface area (Å²) in [5, 5.41) is 0. The van der Waals surface area contributed by atoms with E-state index < -0.39 is 0 Å². The molecular weight excluding hydrogens is 332 g/mol. The SMILES string of the molecule is CN1CCN=C(/C=C/c2cccc(Oc3ccccc3)c2)c2ccccc21. The van der Waals surface area contributed by atoms with E-state index in [4.69, 9.17) is 9.73 Å². The number of hydrogen-bond donors (Lipinski definition) is 0. The van der Waals surface area contributed by atoms with Crippen molar-refractivity contribution in [3.63, 3.8) is 0 Å². The number of hydrogen-bond acceptors (Lipinski definition) is 3. The summed E-state index contributed by atoms with van der Waals surface area (Å²) in [7, 11) is 2.12. The van der Waals surface area contributed by atoms with E-state index >= 15 is 0 Å². The van der Waals surface area contributed by atoms with E-state index in [1.54, 1.807) is 0 Å². The molecule has 0 aliphatic carbocycles. The fraction of sp³-hybridized carbons (Fsp3) is 0.125. The molecule has 0 radical (unpaired) electrons. The highest BCUT2D eigenvalue weighted by Gasteiger charge is 2.13. The Labute approximate surface area is 160 Å². The molecule has 0 bridgehead atoms. The molecular formula is C24H22N2O. The zero-order valence-electron chi connectivity index (χ0n) is 15.4. The van der Waals surface area contributed by atoms with Gasteiger partial charge in [0, 0.05) is 24.8 Å². The van der Waals surface area contributed by atoms with Gasteiger partial charge < -0.3 is 9.64 Å². The number of aliphatic imine (C=N–C) groups is 1. The minimum Gasteiger partial charge on any atom is -0.457 e. The number of allylic oxidation sites excluding steroid dienone is 1. The molecule has 0 aromatic heterocycles. The molecule has 0 N–H and O–H groups in total. The number of rotatable bonds is 4. The average molecular weight is 354 g/mol. The lowest BCUT2D eigenvalue weighted by Gasteiger charge is -2.18. The van der Waals surface area contributed by atoms with Crippen LogP contribution in [0.3, 0.4) is 0 Å². The summed E-state index contributed by atoms with van der Waals surface area (Å²) >= 11 is 0. The predicted octanol–water partition coefficient (Wildman–Crippen LogP) is 5.43. The number of ether oxygens (including phenoxy) is 1. The van der Waals surface area contributed by atoms with Gasteiger partial charge in [-0.05, 0) is 42.0 Å². The lowest BCUT2D eigenvalue weighted by atomic mass is 10.1. The summed E-state index contributed by atoms with van der Waals surface area (Å²) in [4.78, 5) is 7.04. The van der Waals surface area contributed by atoms with Gasteiger partial charge >= 0.3 is 0 Å². The first kappa shape index (κ1) is 17.1. The van der Waals surface area contributed by atoms with Gasteiger partial charge in [-0.1, -0.05) is 54.6 Å². The highest BCUT2D eigenvalue weighted by atomic mass is 16.5. The van der Waals surface area contributed by atoms with E-state index in [-0.39, 0.29) is 0 Å². The minimum absolute atomic E-state index is 0.794. The Morgan fingerprint density at radius 1 is 0.852 bits per heavy atom. The van der Waals surface area contributed by atoms with Gasteiger partial charge in [0.1, 0.15) is 11.5 Å². The lowest BCUT2D eigenvalue weighted by Crippen LogP contribution is -2.20. The highest BCUT2D eigenvalue weighted by molar-refractivity contribution is 6.14. The maximum absolute atomic E-state index is 5.93. The van der Waals surface area contributed by atoms with Crippen molar-refractivity contribution in [1.82, 2.24) is 0 Å². The van der Waals surface area contributed by atoms with Gasteiger partial charge in [-0.25, -0.2) is 0 Å². The van der Waals surface area contributed by atoms with E-state index in [2.05, 4.69) is 54.4 Å². The molecule has 134 valence electrons. The van der Waals surface area contributed by atoms with Crippen LogP contribution in [0.15, 0.2) is 89.9 Å². The van der Waals surface area contributed by atoms with Crippen LogP contribution in [0.5, 0.6) is 11.5 Å². The first-order valence-electron chi connectivity index (χ1n) is 9.16. The summed E-state index contributed by atoms with van der Waals surface area (Å²) in [5.41, 5.74) is 4.50. The van der Waals surface area contributed by atoms with Crippen molar-refractivity contribution >= 4 is 17.5 Å². The van der Waals surface area contributed by atoms with Crippen LogP contribution < -0.4 is 9.64 Å². The summed E-state index contributed by atoms with van der Waals surface area (Å²) in [6.07, 6.45) is 4.19. The summed E-state index contributed by atoms with van der Waals surface area (Å²) < 4.78 is 5.93. The first-order chi connectivity index (χ1) is 13.3. The van der Waals surface area contributed by atoms with Crippen LogP contribution in [0.25, 0.3) is 6.08 Å². The molecule has 3 aromatic rings. The Kier molecular flexibility index (Phi) is 5.01. The number of para-hydroxylation sites is 2.